The topological polar surface area (TPSA) is 83.0 Å². The van der Waals surface area contributed by atoms with Gasteiger partial charge in [-0.2, -0.15) is 0 Å². The zero-order chi connectivity index (χ0) is 18.5. The second kappa shape index (κ2) is 12.6. The smallest absolute Gasteiger partial charge is 0.305 e. The molecule has 0 saturated carbocycles. The number of guanidine groups is 1. The Bertz CT molecular complexity index is 440. The summed E-state index contributed by atoms with van der Waals surface area (Å²) < 4.78 is 4.63. The molecule has 0 aliphatic carbocycles. The van der Waals surface area contributed by atoms with Crippen molar-refractivity contribution in [1.82, 2.24) is 15.5 Å². The molecular formula is C18H34N4O3. The highest BCUT2D eigenvalue weighted by Gasteiger charge is 2.25. The SMILES string of the molecule is CCNC(=NCCCCCCC(=O)OC)NC1CCN(C(=O)CC)C1. The molecule has 0 aromatic heterocycles. The van der Waals surface area contributed by atoms with Crippen LogP contribution in [0.15, 0.2) is 4.99 Å². The van der Waals surface area contributed by atoms with Crippen LogP contribution in [0.25, 0.3) is 0 Å². The molecule has 0 bridgehead atoms. The van der Waals surface area contributed by atoms with Gasteiger partial charge in [-0.1, -0.05) is 19.8 Å². The summed E-state index contributed by atoms with van der Waals surface area (Å²) in [6.45, 7) is 7.10. The fourth-order valence-corrected chi connectivity index (χ4v) is 2.87. The molecule has 1 fully saturated rings. The summed E-state index contributed by atoms with van der Waals surface area (Å²) in [4.78, 5) is 29.3. The Labute approximate surface area is 151 Å². The normalized spacial score (nSPS) is 17.5. The van der Waals surface area contributed by atoms with Crippen LogP contribution in [-0.2, 0) is 14.3 Å². The van der Waals surface area contributed by atoms with Gasteiger partial charge in [-0.25, -0.2) is 0 Å². The van der Waals surface area contributed by atoms with Gasteiger partial charge in [0.2, 0.25) is 5.91 Å². The van der Waals surface area contributed by atoms with Crippen LogP contribution >= 0.6 is 0 Å². The highest BCUT2D eigenvalue weighted by Crippen LogP contribution is 2.10. The van der Waals surface area contributed by atoms with E-state index in [9.17, 15) is 9.59 Å². The van der Waals surface area contributed by atoms with Crippen molar-refractivity contribution < 1.29 is 14.3 Å². The van der Waals surface area contributed by atoms with E-state index >= 15 is 0 Å². The van der Waals surface area contributed by atoms with Gasteiger partial charge in [-0.3, -0.25) is 14.6 Å². The first-order valence-corrected chi connectivity index (χ1v) is 9.50. The molecule has 1 heterocycles. The zero-order valence-electron chi connectivity index (χ0n) is 16.0. The second-order valence-electron chi connectivity index (χ2n) is 6.32. The van der Waals surface area contributed by atoms with Crippen LogP contribution in [0.3, 0.4) is 0 Å². The van der Waals surface area contributed by atoms with Crippen molar-refractivity contribution in [2.45, 2.75) is 64.8 Å². The second-order valence-corrected chi connectivity index (χ2v) is 6.32. The van der Waals surface area contributed by atoms with Gasteiger partial charge in [-0.05, 0) is 26.2 Å². The number of nitrogens with zero attached hydrogens (tertiary/aromatic N) is 2. The predicted molar refractivity (Wildman–Crippen MR) is 99.5 cm³/mol. The first-order chi connectivity index (χ1) is 12.1. The minimum atomic E-state index is -0.135. The number of carbonyl (C=O) groups is 2. The Kier molecular flexibility index (Phi) is 10.7. The van der Waals surface area contributed by atoms with Crippen molar-refractivity contribution in [1.29, 1.82) is 0 Å². The fraction of sp³-hybridized carbons (Fsp3) is 0.833. The molecular weight excluding hydrogens is 320 g/mol. The maximum atomic E-state index is 11.8. The lowest BCUT2D eigenvalue weighted by atomic mass is 10.1. The summed E-state index contributed by atoms with van der Waals surface area (Å²) in [5.74, 6) is 0.912. The molecule has 2 N–H and O–H groups in total. The van der Waals surface area contributed by atoms with Crippen LogP contribution in [0.4, 0.5) is 0 Å². The van der Waals surface area contributed by atoms with Crippen LogP contribution < -0.4 is 10.6 Å². The largest absolute Gasteiger partial charge is 0.469 e. The molecule has 1 rings (SSSR count). The maximum absolute atomic E-state index is 11.8. The van der Waals surface area contributed by atoms with Crippen LogP contribution in [0.1, 0.15) is 58.8 Å². The number of nitrogens with one attached hydrogen (secondary N) is 2. The van der Waals surface area contributed by atoms with E-state index in [0.717, 1.165) is 64.2 Å². The van der Waals surface area contributed by atoms with E-state index in [2.05, 4.69) is 20.4 Å². The molecule has 1 atom stereocenters. The van der Waals surface area contributed by atoms with E-state index in [-0.39, 0.29) is 17.9 Å². The van der Waals surface area contributed by atoms with Gasteiger partial charge in [0.15, 0.2) is 5.96 Å². The Balaban J connectivity index is 2.25. The Hall–Kier alpha value is -1.79. The number of esters is 1. The lowest BCUT2D eigenvalue weighted by Gasteiger charge is -2.18. The Morgan fingerprint density at radius 3 is 2.64 bits per heavy atom. The number of likely N-dealkylation sites (tertiary alicyclic amines) is 1. The Morgan fingerprint density at radius 2 is 1.96 bits per heavy atom. The summed E-state index contributed by atoms with van der Waals surface area (Å²) in [6.07, 6.45) is 5.98. The van der Waals surface area contributed by atoms with Crippen molar-refractivity contribution in [2.75, 3.05) is 33.3 Å². The van der Waals surface area contributed by atoms with E-state index in [1.54, 1.807) is 0 Å². The van der Waals surface area contributed by atoms with Gasteiger partial charge in [-0.15, -0.1) is 0 Å². The standard InChI is InChI=1S/C18H34N4O3/c1-4-16(23)22-13-11-15(14-22)21-18(19-5-2)20-12-9-7-6-8-10-17(24)25-3/h15H,4-14H2,1-3H3,(H2,19,20,21). The fourth-order valence-electron chi connectivity index (χ4n) is 2.87. The molecule has 1 unspecified atom stereocenters. The van der Waals surface area contributed by atoms with Crippen LogP contribution in [0, 0.1) is 0 Å². The summed E-state index contributed by atoms with van der Waals surface area (Å²) in [5, 5.41) is 6.70. The monoisotopic (exact) mass is 354 g/mol. The average Bonchev–Trinajstić information content (AvgIpc) is 3.08. The summed E-state index contributed by atoms with van der Waals surface area (Å²) in [6, 6.07) is 0.272. The van der Waals surface area contributed by atoms with Crippen molar-refractivity contribution in [3.05, 3.63) is 0 Å². The third-order valence-corrected chi connectivity index (χ3v) is 4.32. The molecule has 0 aromatic rings. The minimum Gasteiger partial charge on any atom is -0.469 e. The van der Waals surface area contributed by atoms with Gasteiger partial charge in [0, 0.05) is 45.1 Å². The molecule has 144 valence electrons. The van der Waals surface area contributed by atoms with Gasteiger partial charge in [0.1, 0.15) is 0 Å². The Morgan fingerprint density at radius 1 is 1.20 bits per heavy atom. The van der Waals surface area contributed by atoms with Crippen molar-refractivity contribution in [3.63, 3.8) is 0 Å². The average molecular weight is 354 g/mol. The predicted octanol–water partition coefficient (Wildman–Crippen LogP) is 1.68. The number of amides is 1. The molecule has 7 heteroatoms. The lowest BCUT2D eigenvalue weighted by molar-refractivity contribution is -0.140. The minimum absolute atomic E-state index is 0.135. The molecule has 7 nitrogen and oxygen atoms in total. The van der Waals surface area contributed by atoms with Crippen molar-refractivity contribution in [3.8, 4) is 0 Å². The molecule has 0 radical (unpaired) electrons. The lowest BCUT2D eigenvalue weighted by Crippen LogP contribution is -2.45. The maximum Gasteiger partial charge on any atom is 0.305 e. The van der Waals surface area contributed by atoms with Crippen molar-refractivity contribution in [2.24, 2.45) is 4.99 Å². The number of rotatable bonds is 10. The number of unbranched alkanes of at least 4 members (excludes halogenated alkanes) is 3. The van der Waals surface area contributed by atoms with Gasteiger partial charge < -0.3 is 20.3 Å². The molecule has 0 aromatic carbocycles. The third kappa shape index (κ3) is 8.74. The number of methoxy groups -OCH3 is 1. The molecule has 0 spiro atoms. The number of ether oxygens (including phenoxy) is 1. The summed E-state index contributed by atoms with van der Waals surface area (Å²) in [7, 11) is 1.42. The van der Waals surface area contributed by atoms with E-state index < -0.39 is 0 Å². The van der Waals surface area contributed by atoms with Crippen LogP contribution in [0.5, 0.6) is 0 Å². The van der Waals surface area contributed by atoms with E-state index in [0.29, 0.717) is 12.8 Å². The number of hydrogen-bond donors (Lipinski definition) is 2. The molecule has 1 aliphatic heterocycles. The van der Waals surface area contributed by atoms with Crippen molar-refractivity contribution >= 4 is 17.8 Å². The third-order valence-electron chi connectivity index (χ3n) is 4.32. The molecule has 25 heavy (non-hydrogen) atoms. The number of carbonyl (C=O) groups excluding carboxylic acids is 2. The van der Waals surface area contributed by atoms with Gasteiger partial charge >= 0.3 is 5.97 Å². The highest BCUT2D eigenvalue weighted by molar-refractivity contribution is 5.80. The first-order valence-electron chi connectivity index (χ1n) is 9.50. The highest BCUT2D eigenvalue weighted by atomic mass is 16.5. The van der Waals surface area contributed by atoms with Crippen LogP contribution in [-0.4, -0.2) is 62.1 Å². The number of hydrogen-bond acceptors (Lipinski definition) is 4. The zero-order valence-corrected chi connectivity index (χ0v) is 16.0. The van der Waals surface area contributed by atoms with E-state index in [4.69, 9.17) is 0 Å². The first kappa shape index (κ1) is 21.3. The van der Waals surface area contributed by atoms with E-state index in [1.165, 1.54) is 7.11 Å². The van der Waals surface area contributed by atoms with Gasteiger partial charge in [0.25, 0.3) is 0 Å². The van der Waals surface area contributed by atoms with Crippen LogP contribution in [0.2, 0.25) is 0 Å². The van der Waals surface area contributed by atoms with E-state index in [1.807, 2.05) is 18.7 Å². The molecule has 1 saturated heterocycles. The number of aliphatic imine (C=N–C) groups is 1. The summed E-state index contributed by atoms with van der Waals surface area (Å²) in [5.41, 5.74) is 0. The molecule has 1 aliphatic rings. The van der Waals surface area contributed by atoms with Gasteiger partial charge in [0.05, 0.1) is 7.11 Å². The summed E-state index contributed by atoms with van der Waals surface area (Å²) >= 11 is 0. The molecule has 1 amide bonds. The quantitative estimate of drug-likeness (QED) is 0.270.